The van der Waals surface area contributed by atoms with Crippen molar-refractivity contribution in [3.63, 3.8) is 0 Å². The highest BCUT2D eigenvalue weighted by atomic mass is 19.4. The molecular formula is C50H33F6N3. The van der Waals surface area contributed by atoms with Gasteiger partial charge in [-0.05, 0) is 85.6 Å². The number of fused-ring (bicyclic) bond motifs is 3. The van der Waals surface area contributed by atoms with Crippen LogP contribution in [-0.2, 0) is 12.4 Å². The van der Waals surface area contributed by atoms with Crippen LogP contribution in [0.3, 0.4) is 0 Å². The Hall–Kier alpha value is -7.00. The Balaban J connectivity index is 1.44. The van der Waals surface area contributed by atoms with E-state index in [0.717, 1.165) is 52.1 Å². The molecule has 0 unspecified atom stereocenters. The van der Waals surface area contributed by atoms with E-state index in [9.17, 15) is 26.3 Å². The van der Waals surface area contributed by atoms with E-state index in [-0.39, 0.29) is 5.56 Å². The first-order chi connectivity index (χ1) is 28.3. The number of aryl methyl sites for hydroxylation is 2. The van der Waals surface area contributed by atoms with Crippen LogP contribution in [0.1, 0.15) is 22.3 Å². The highest BCUT2D eigenvalue weighted by Crippen LogP contribution is 2.46. The van der Waals surface area contributed by atoms with E-state index in [0.29, 0.717) is 61.4 Å². The predicted octanol–water partition coefficient (Wildman–Crippen LogP) is 14.6. The van der Waals surface area contributed by atoms with Crippen LogP contribution < -0.4 is 0 Å². The molecule has 2 aromatic heterocycles. The van der Waals surface area contributed by atoms with E-state index in [1.165, 1.54) is 12.1 Å². The predicted molar refractivity (Wildman–Crippen MR) is 223 cm³/mol. The molecule has 7 aromatic carbocycles. The van der Waals surface area contributed by atoms with Crippen molar-refractivity contribution in [2.45, 2.75) is 26.2 Å². The van der Waals surface area contributed by atoms with E-state index in [4.69, 9.17) is 9.97 Å². The van der Waals surface area contributed by atoms with Crippen LogP contribution >= 0.6 is 0 Å². The summed E-state index contributed by atoms with van der Waals surface area (Å²) in [6, 6.07) is 47.0. The molecule has 9 rings (SSSR count). The maximum Gasteiger partial charge on any atom is 0.416 e. The molecule has 0 N–H and O–H groups in total. The molecule has 0 bridgehead atoms. The van der Waals surface area contributed by atoms with Gasteiger partial charge in [-0.3, -0.25) is 0 Å². The highest BCUT2D eigenvalue weighted by Gasteiger charge is 2.33. The molecule has 3 nitrogen and oxygen atoms in total. The van der Waals surface area contributed by atoms with E-state index in [2.05, 4.69) is 0 Å². The largest absolute Gasteiger partial charge is 0.416 e. The van der Waals surface area contributed by atoms with Crippen LogP contribution in [0.2, 0.25) is 0 Å². The Kier molecular flexibility index (Phi) is 9.19. The van der Waals surface area contributed by atoms with Gasteiger partial charge in [-0.1, -0.05) is 114 Å². The number of halogens is 6. The van der Waals surface area contributed by atoms with Crippen LogP contribution in [0.25, 0.3) is 83.6 Å². The van der Waals surface area contributed by atoms with Crippen molar-refractivity contribution >= 4 is 21.8 Å². The average molecular weight is 790 g/mol. The minimum atomic E-state index is -4.65. The van der Waals surface area contributed by atoms with Crippen LogP contribution in [0, 0.1) is 13.8 Å². The fourth-order valence-corrected chi connectivity index (χ4v) is 7.76. The van der Waals surface area contributed by atoms with Gasteiger partial charge in [0.1, 0.15) is 0 Å². The fourth-order valence-electron chi connectivity index (χ4n) is 7.76. The van der Waals surface area contributed by atoms with Gasteiger partial charge < -0.3 is 4.57 Å². The van der Waals surface area contributed by atoms with Crippen LogP contribution in [0.5, 0.6) is 0 Å². The third-order valence-electron chi connectivity index (χ3n) is 10.5. The quantitative estimate of drug-likeness (QED) is 0.157. The summed E-state index contributed by atoms with van der Waals surface area (Å²) in [7, 11) is 0. The van der Waals surface area contributed by atoms with Crippen molar-refractivity contribution in [1.82, 2.24) is 14.5 Å². The van der Waals surface area contributed by atoms with Gasteiger partial charge in [0.05, 0.1) is 39.2 Å². The number of alkyl halides is 6. The van der Waals surface area contributed by atoms with E-state index < -0.39 is 23.5 Å². The number of nitrogens with zero attached hydrogens (tertiary/aromatic N) is 3. The number of rotatable bonds is 6. The maximum atomic E-state index is 14.5. The molecule has 9 aromatic rings. The summed E-state index contributed by atoms with van der Waals surface area (Å²) in [5, 5.41) is 0.936. The van der Waals surface area contributed by atoms with Gasteiger partial charge in [-0.15, -0.1) is 0 Å². The van der Waals surface area contributed by atoms with Gasteiger partial charge in [0, 0.05) is 38.6 Å². The molecule has 0 aliphatic carbocycles. The molecule has 0 radical (unpaired) electrons. The molecule has 0 amide bonds. The Morgan fingerprint density at radius 2 is 0.898 bits per heavy atom. The molecule has 59 heavy (non-hydrogen) atoms. The van der Waals surface area contributed by atoms with Crippen molar-refractivity contribution in [3.8, 4) is 61.8 Å². The first-order valence-corrected chi connectivity index (χ1v) is 18.9. The molecule has 0 spiro atoms. The molecular weight excluding hydrogens is 757 g/mol. The number of aromatic nitrogens is 3. The van der Waals surface area contributed by atoms with E-state index in [1.54, 1.807) is 12.1 Å². The number of benzene rings is 7. The lowest BCUT2D eigenvalue weighted by Gasteiger charge is -2.22. The summed E-state index contributed by atoms with van der Waals surface area (Å²) in [4.78, 5) is 10.1. The van der Waals surface area contributed by atoms with Gasteiger partial charge in [0.25, 0.3) is 0 Å². The van der Waals surface area contributed by atoms with Gasteiger partial charge in [-0.25, -0.2) is 9.97 Å². The van der Waals surface area contributed by atoms with Crippen molar-refractivity contribution in [2.24, 2.45) is 0 Å². The van der Waals surface area contributed by atoms with Crippen LogP contribution in [0.4, 0.5) is 26.3 Å². The zero-order valence-electron chi connectivity index (χ0n) is 31.7. The minimum absolute atomic E-state index is 0.252. The Labute approximate surface area is 335 Å². The second-order valence-electron chi connectivity index (χ2n) is 14.6. The Morgan fingerprint density at radius 1 is 0.407 bits per heavy atom. The average Bonchev–Trinajstić information content (AvgIpc) is 3.55. The lowest BCUT2D eigenvalue weighted by molar-refractivity contribution is -0.138. The number of hydrogen-bond acceptors (Lipinski definition) is 2. The summed E-state index contributed by atoms with van der Waals surface area (Å²) in [6.07, 6.45) is -9.25. The SMILES string of the molecule is Cc1cccc(-c2cc(-c3nc(-c4ccccc4)cc(-c4ccccc4)n3)cc(-c3cccc(C(F)(F)F)c3)c2-n2c3ccc(C)cc3c3cc(C(F)(F)F)ccc32)c1. The number of hydrogen-bond donors (Lipinski definition) is 0. The minimum Gasteiger partial charge on any atom is -0.308 e. The lowest BCUT2D eigenvalue weighted by Crippen LogP contribution is -2.06. The monoisotopic (exact) mass is 789 g/mol. The summed E-state index contributed by atoms with van der Waals surface area (Å²) >= 11 is 0. The van der Waals surface area contributed by atoms with Gasteiger partial charge >= 0.3 is 12.4 Å². The molecule has 0 fully saturated rings. The molecule has 290 valence electrons. The molecule has 0 saturated carbocycles. The topological polar surface area (TPSA) is 30.7 Å². The third-order valence-corrected chi connectivity index (χ3v) is 10.5. The first kappa shape index (κ1) is 37.6. The fraction of sp³-hybridized carbons (Fsp3) is 0.0800. The zero-order chi connectivity index (χ0) is 41.1. The van der Waals surface area contributed by atoms with Crippen molar-refractivity contribution < 1.29 is 26.3 Å². The summed E-state index contributed by atoms with van der Waals surface area (Å²) in [5.41, 5.74) is 7.20. The van der Waals surface area contributed by atoms with Crippen molar-refractivity contribution in [3.05, 3.63) is 186 Å². The molecule has 0 saturated heterocycles. The standard InChI is InChI=1S/C50H33F6N3/c1-30-11-9-16-34(23-30)39-26-36(48-57-43(32-12-5-3-6-13-32)29-44(58-48)33-14-7-4-8-15-33)27-40(35-17-10-18-37(25-35)49(51,52)53)47(39)59-45-21-19-31(2)24-41(45)42-28-38(50(54,55)56)20-22-46(42)59/h3-29H,1-2H3. The summed E-state index contributed by atoms with van der Waals surface area (Å²) < 4.78 is 88.0. The maximum absolute atomic E-state index is 14.5. The summed E-state index contributed by atoms with van der Waals surface area (Å²) in [6.45, 7) is 3.81. The highest BCUT2D eigenvalue weighted by molar-refractivity contribution is 6.11. The van der Waals surface area contributed by atoms with Crippen molar-refractivity contribution in [1.29, 1.82) is 0 Å². The molecule has 0 aliphatic rings. The Bertz CT molecular complexity index is 2980. The van der Waals surface area contributed by atoms with E-state index >= 15 is 0 Å². The molecule has 2 heterocycles. The summed E-state index contributed by atoms with van der Waals surface area (Å²) in [5.74, 6) is 0.339. The van der Waals surface area contributed by atoms with Crippen LogP contribution in [-0.4, -0.2) is 14.5 Å². The molecule has 0 aliphatic heterocycles. The molecule has 9 heteroatoms. The van der Waals surface area contributed by atoms with Crippen LogP contribution in [0.15, 0.2) is 164 Å². The Morgan fingerprint density at radius 3 is 1.47 bits per heavy atom. The van der Waals surface area contributed by atoms with Crippen molar-refractivity contribution in [2.75, 3.05) is 0 Å². The zero-order valence-corrected chi connectivity index (χ0v) is 31.7. The van der Waals surface area contributed by atoms with Gasteiger partial charge in [-0.2, -0.15) is 26.3 Å². The second-order valence-corrected chi connectivity index (χ2v) is 14.6. The third kappa shape index (κ3) is 7.14. The second kappa shape index (κ2) is 14.4. The molecule has 0 atom stereocenters. The lowest BCUT2D eigenvalue weighted by atomic mass is 9.91. The first-order valence-electron chi connectivity index (χ1n) is 18.9. The van der Waals surface area contributed by atoms with Gasteiger partial charge in [0.2, 0.25) is 0 Å². The smallest absolute Gasteiger partial charge is 0.308 e. The normalized spacial score (nSPS) is 12.1. The van der Waals surface area contributed by atoms with Gasteiger partial charge in [0.15, 0.2) is 5.82 Å². The van der Waals surface area contributed by atoms with E-state index in [1.807, 2.05) is 134 Å².